The molecule has 0 spiro atoms. The maximum Gasteiger partial charge on any atom is 0.294 e. The van der Waals surface area contributed by atoms with Crippen LogP contribution in [-0.2, 0) is 14.4 Å². The average molecular weight is 600 g/mol. The van der Waals surface area contributed by atoms with Crippen molar-refractivity contribution in [1.82, 2.24) is 4.90 Å². The number of benzene rings is 3. The van der Waals surface area contributed by atoms with Crippen LogP contribution in [0.5, 0.6) is 11.5 Å². The van der Waals surface area contributed by atoms with Crippen LogP contribution in [0.3, 0.4) is 0 Å². The number of hydrogen-bond donors (Lipinski definition) is 2. The van der Waals surface area contributed by atoms with Crippen LogP contribution >= 0.6 is 11.8 Å². The minimum absolute atomic E-state index is 0.000423. The monoisotopic (exact) mass is 599 g/mol. The van der Waals surface area contributed by atoms with Gasteiger partial charge in [0.05, 0.1) is 17.2 Å². The van der Waals surface area contributed by atoms with Gasteiger partial charge in [-0.1, -0.05) is 18.2 Å². The topological polar surface area (TPSA) is 114 Å². The van der Waals surface area contributed by atoms with E-state index >= 15 is 0 Å². The Balaban J connectivity index is 1.41. The quantitative estimate of drug-likeness (QED) is 0.234. The van der Waals surface area contributed by atoms with Gasteiger partial charge in [0.25, 0.3) is 17.1 Å². The third-order valence-electron chi connectivity index (χ3n) is 5.71. The molecule has 0 unspecified atom stereocenters. The van der Waals surface area contributed by atoms with Crippen molar-refractivity contribution in [3.63, 3.8) is 0 Å². The highest BCUT2D eigenvalue weighted by Crippen LogP contribution is 2.35. The number of hydrogen-bond acceptors (Lipinski definition) is 7. The molecule has 4 amide bonds. The Morgan fingerprint density at radius 1 is 0.929 bits per heavy atom. The minimum Gasteiger partial charge on any atom is -0.490 e. The van der Waals surface area contributed by atoms with Crippen molar-refractivity contribution in [2.75, 3.05) is 30.4 Å². The Kier molecular flexibility index (Phi) is 9.53. The van der Waals surface area contributed by atoms with Gasteiger partial charge in [-0.05, 0) is 79.2 Å². The highest BCUT2D eigenvalue weighted by molar-refractivity contribution is 8.18. The number of ether oxygens (including phenoxy) is 2. The largest absolute Gasteiger partial charge is 0.490 e. The number of thioether (sulfide) groups is 1. The first-order valence-electron chi connectivity index (χ1n) is 12.5. The van der Waals surface area contributed by atoms with Gasteiger partial charge in [0.1, 0.15) is 6.54 Å². The van der Waals surface area contributed by atoms with Crippen molar-refractivity contribution in [1.29, 1.82) is 0 Å². The van der Waals surface area contributed by atoms with E-state index in [2.05, 4.69) is 5.32 Å². The minimum atomic E-state index is -1.77. The molecular weight excluding hydrogens is 575 g/mol. The zero-order valence-electron chi connectivity index (χ0n) is 22.3. The fourth-order valence-electron chi connectivity index (χ4n) is 3.81. The van der Waals surface area contributed by atoms with Gasteiger partial charge >= 0.3 is 0 Å². The zero-order chi connectivity index (χ0) is 30.4. The summed E-state index contributed by atoms with van der Waals surface area (Å²) in [5.41, 5.74) is 1.45. The van der Waals surface area contributed by atoms with Crippen LogP contribution in [0.25, 0.3) is 6.08 Å². The Bertz CT molecular complexity index is 1600. The second-order valence-electron chi connectivity index (χ2n) is 8.88. The number of anilines is 2. The van der Waals surface area contributed by atoms with E-state index in [1.807, 2.05) is 30.4 Å². The van der Waals surface area contributed by atoms with Gasteiger partial charge in [-0.3, -0.25) is 24.1 Å². The van der Waals surface area contributed by atoms with Crippen molar-refractivity contribution in [3.8, 4) is 11.5 Å². The lowest BCUT2D eigenvalue weighted by Gasteiger charge is -2.13. The maximum absolute atomic E-state index is 13.9. The van der Waals surface area contributed by atoms with Gasteiger partial charge in [0, 0.05) is 5.69 Å². The second kappa shape index (κ2) is 13.3. The molecule has 0 aliphatic carbocycles. The summed E-state index contributed by atoms with van der Waals surface area (Å²) in [5, 5.41) is 4.01. The normalized spacial score (nSPS) is 13.8. The molecule has 3 aromatic rings. The maximum atomic E-state index is 13.9. The number of aryl methyl sites for hydroxylation is 1. The fraction of sp³-hybridized carbons (Fsp3) is 0.172. The predicted molar refractivity (Wildman–Crippen MR) is 151 cm³/mol. The molecule has 0 bridgehead atoms. The van der Waals surface area contributed by atoms with Crippen LogP contribution in [0.15, 0.2) is 59.5 Å². The summed E-state index contributed by atoms with van der Waals surface area (Å²) in [6, 6.07) is 13.4. The molecule has 0 radical (unpaired) electrons. The molecule has 3 aromatic carbocycles. The zero-order valence-corrected chi connectivity index (χ0v) is 23.2. The summed E-state index contributed by atoms with van der Waals surface area (Å²) >= 11 is 0.582. The van der Waals surface area contributed by atoms with Crippen molar-refractivity contribution >= 4 is 52.2 Å². The number of nitrogens with zero attached hydrogens (tertiary/aromatic N) is 1. The van der Waals surface area contributed by atoms with Gasteiger partial charge < -0.3 is 20.1 Å². The van der Waals surface area contributed by atoms with Crippen LogP contribution < -0.4 is 20.1 Å². The van der Waals surface area contributed by atoms with Gasteiger partial charge in [0.15, 0.2) is 35.6 Å². The fourth-order valence-corrected chi connectivity index (χ4v) is 4.65. The van der Waals surface area contributed by atoms with E-state index < -0.39 is 46.7 Å². The number of carbonyl (C=O) groups is 4. The second-order valence-corrected chi connectivity index (χ2v) is 9.88. The molecule has 1 heterocycles. The van der Waals surface area contributed by atoms with Crippen molar-refractivity contribution < 1.29 is 41.8 Å². The molecule has 0 aromatic heterocycles. The van der Waals surface area contributed by atoms with Crippen LogP contribution in [0.2, 0.25) is 0 Å². The number of halogens is 3. The molecular formula is C29H24F3N3O6S. The van der Waals surface area contributed by atoms with Crippen molar-refractivity contribution in [3.05, 3.63) is 88.1 Å². The Hall–Kier alpha value is -4.78. The lowest BCUT2D eigenvalue weighted by molar-refractivity contribution is -0.127. The first-order chi connectivity index (χ1) is 20.0. The first kappa shape index (κ1) is 30.2. The average Bonchev–Trinajstić information content (AvgIpc) is 3.20. The van der Waals surface area contributed by atoms with E-state index in [0.717, 1.165) is 11.6 Å². The summed E-state index contributed by atoms with van der Waals surface area (Å²) in [7, 11) is 0. The number of imide groups is 1. The molecule has 0 saturated carbocycles. The van der Waals surface area contributed by atoms with Crippen LogP contribution in [0.4, 0.5) is 29.3 Å². The standard InChI is InChI=1S/C29H24F3N3O6S/c1-3-40-22-12-17(7-10-21(22)41-15-25(37)33-18-6-4-5-16(2)11-18)13-23-28(38)35(29(39)42-23)14-24(36)34-20-9-8-19(30)26(31)27(20)32/h4-13H,3,14-15H2,1-2H3,(H,33,37)(H,34,36)/b23-13+. The number of amides is 4. The highest BCUT2D eigenvalue weighted by Gasteiger charge is 2.36. The SMILES string of the molecule is CCOc1cc(/C=C2/SC(=O)N(CC(=O)Nc3ccc(F)c(F)c3F)C2=O)ccc1OCC(=O)Nc1cccc(C)c1. The predicted octanol–water partition coefficient (Wildman–Crippen LogP) is 5.50. The molecule has 1 fully saturated rings. The Morgan fingerprint density at radius 2 is 1.71 bits per heavy atom. The molecule has 13 heteroatoms. The van der Waals surface area contributed by atoms with E-state index in [0.29, 0.717) is 39.7 Å². The molecule has 1 aliphatic heterocycles. The third-order valence-corrected chi connectivity index (χ3v) is 6.62. The van der Waals surface area contributed by atoms with Crippen molar-refractivity contribution in [2.45, 2.75) is 13.8 Å². The van der Waals surface area contributed by atoms with Crippen molar-refractivity contribution in [2.24, 2.45) is 0 Å². The van der Waals surface area contributed by atoms with E-state index in [-0.39, 0.29) is 29.8 Å². The smallest absolute Gasteiger partial charge is 0.294 e. The Labute approximate surface area is 242 Å². The summed E-state index contributed by atoms with van der Waals surface area (Å²) in [6.07, 6.45) is 1.41. The molecule has 9 nitrogen and oxygen atoms in total. The molecule has 2 N–H and O–H groups in total. The molecule has 218 valence electrons. The summed E-state index contributed by atoms with van der Waals surface area (Å²) in [6.45, 7) is 2.87. The molecule has 1 saturated heterocycles. The van der Waals surface area contributed by atoms with Gasteiger partial charge in [-0.15, -0.1) is 0 Å². The lowest BCUT2D eigenvalue weighted by Crippen LogP contribution is -2.36. The van der Waals surface area contributed by atoms with Crippen LogP contribution in [-0.4, -0.2) is 47.6 Å². The van der Waals surface area contributed by atoms with Crippen LogP contribution in [0.1, 0.15) is 18.1 Å². The number of rotatable bonds is 10. The van der Waals surface area contributed by atoms with E-state index in [1.165, 1.54) is 6.08 Å². The third kappa shape index (κ3) is 7.29. The number of carbonyl (C=O) groups excluding carboxylic acids is 4. The van der Waals surface area contributed by atoms with Gasteiger partial charge in [0.2, 0.25) is 5.91 Å². The molecule has 4 rings (SSSR count). The highest BCUT2D eigenvalue weighted by atomic mass is 32.2. The lowest BCUT2D eigenvalue weighted by atomic mass is 10.2. The number of nitrogens with one attached hydrogen (secondary N) is 2. The van der Waals surface area contributed by atoms with Gasteiger partial charge in [-0.2, -0.15) is 0 Å². The van der Waals surface area contributed by atoms with Crippen LogP contribution in [0, 0.1) is 24.4 Å². The Morgan fingerprint density at radius 3 is 2.45 bits per heavy atom. The van der Waals surface area contributed by atoms with Gasteiger partial charge in [-0.25, -0.2) is 13.2 Å². The van der Waals surface area contributed by atoms with E-state index in [9.17, 15) is 32.3 Å². The first-order valence-corrected chi connectivity index (χ1v) is 13.3. The summed E-state index contributed by atoms with van der Waals surface area (Å²) < 4.78 is 51.7. The summed E-state index contributed by atoms with van der Waals surface area (Å²) in [4.78, 5) is 50.6. The molecule has 0 atom stereocenters. The molecule has 42 heavy (non-hydrogen) atoms. The molecule has 1 aliphatic rings. The summed E-state index contributed by atoms with van der Waals surface area (Å²) in [5.74, 6) is -6.39. The van der Waals surface area contributed by atoms with E-state index in [4.69, 9.17) is 9.47 Å². The van der Waals surface area contributed by atoms with E-state index in [1.54, 1.807) is 31.2 Å².